The number of nitrogen functional groups attached to an aromatic ring is 1. The number of phenolic OH excluding ortho intramolecular Hbond substituents is 1. The lowest BCUT2D eigenvalue weighted by Gasteiger charge is -2.07. The summed E-state index contributed by atoms with van der Waals surface area (Å²) in [6, 6.07) is 3.67. The van der Waals surface area contributed by atoms with Gasteiger partial charge in [0.05, 0.1) is 11.4 Å². The van der Waals surface area contributed by atoms with Crippen LogP contribution in [-0.4, -0.2) is 17.9 Å². The molecule has 0 spiro atoms. The first-order valence-corrected chi connectivity index (χ1v) is 6.49. The minimum atomic E-state index is 0.120. The van der Waals surface area contributed by atoms with Crippen LogP contribution in [0, 0.1) is 0 Å². The van der Waals surface area contributed by atoms with Gasteiger partial charge in [-0.3, -0.25) is 4.99 Å². The highest BCUT2D eigenvalue weighted by Gasteiger charge is 2.06. The van der Waals surface area contributed by atoms with E-state index in [0.29, 0.717) is 11.4 Å². The first kappa shape index (κ1) is 14.5. The summed E-state index contributed by atoms with van der Waals surface area (Å²) in [5.74, 6) is 0.120. The van der Waals surface area contributed by atoms with Crippen LogP contribution in [0.3, 0.4) is 0 Å². The number of phenols is 1. The number of unbranched alkanes of at least 4 members (excludes halogenated alkanes) is 3. The number of aliphatic imine (C=N–C) groups is 1. The van der Waals surface area contributed by atoms with Gasteiger partial charge in [-0.05, 0) is 50.4 Å². The number of nitrogens with two attached hydrogens (primary N) is 2. The van der Waals surface area contributed by atoms with E-state index < -0.39 is 0 Å². The average Bonchev–Trinajstić information content (AvgIpc) is 2.35. The first-order chi connectivity index (χ1) is 8.69. The summed E-state index contributed by atoms with van der Waals surface area (Å²) in [5.41, 5.74) is 13.3. The van der Waals surface area contributed by atoms with Gasteiger partial charge in [0.2, 0.25) is 0 Å². The molecule has 1 rings (SSSR count). The van der Waals surface area contributed by atoms with Gasteiger partial charge in [-0.15, -0.1) is 0 Å². The summed E-state index contributed by atoms with van der Waals surface area (Å²) >= 11 is 0. The van der Waals surface area contributed by atoms with E-state index in [2.05, 4.69) is 4.99 Å². The fraction of sp³-hybridized carbons (Fsp3) is 0.500. The number of benzene rings is 1. The van der Waals surface area contributed by atoms with E-state index in [1.807, 2.05) is 13.0 Å². The molecule has 0 aromatic heterocycles. The van der Waals surface area contributed by atoms with Gasteiger partial charge in [-0.25, -0.2) is 0 Å². The molecule has 18 heavy (non-hydrogen) atoms. The molecule has 0 aliphatic carbocycles. The lowest BCUT2D eigenvalue weighted by atomic mass is 10.0. The van der Waals surface area contributed by atoms with Crippen molar-refractivity contribution >= 4 is 17.6 Å². The molecule has 0 aliphatic rings. The zero-order chi connectivity index (χ0) is 13.4. The summed E-state index contributed by atoms with van der Waals surface area (Å²) in [4.78, 5) is 4.16. The molecular formula is C14H23N3O. The van der Waals surface area contributed by atoms with Crippen molar-refractivity contribution in [3.8, 4) is 5.75 Å². The molecule has 0 fully saturated rings. The minimum Gasteiger partial charge on any atom is -0.506 e. The van der Waals surface area contributed by atoms with Gasteiger partial charge < -0.3 is 16.6 Å². The Morgan fingerprint density at radius 2 is 1.94 bits per heavy atom. The summed E-state index contributed by atoms with van der Waals surface area (Å²) in [5, 5.41) is 9.73. The Hall–Kier alpha value is -1.55. The van der Waals surface area contributed by atoms with Gasteiger partial charge in [0, 0.05) is 6.21 Å². The van der Waals surface area contributed by atoms with E-state index in [9.17, 15) is 5.11 Å². The Labute approximate surface area is 109 Å². The van der Waals surface area contributed by atoms with Gasteiger partial charge in [-0.1, -0.05) is 12.8 Å². The average molecular weight is 249 g/mol. The Balaban J connectivity index is 2.60. The van der Waals surface area contributed by atoms with Crippen molar-refractivity contribution in [2.45, 2.75) is 39.0 Å². The zero-order valence-corrected chi connectivity index (χ0v) is 11.0. The SMILES string of the molecule is C/C=N\c1cc(CCCCCCN)cc(O)c1N. The molecule has 0 amide bonds. The molecule has 4 heteroatoms. The summed E-state index contributed by atoms with van der Waals surface area (Å²) in [6.07, 6.45) is 7.12. The molecular weight excluding hydrogens is 226 g/mol. The van der Waals surface area contributed by atoms with E-state index in [4.69, 9.17) is 11.5 Å². The van der Waals surface area contributed by atoms with Gasteiger partial charge in [0.15, 0.2) is 0 Å². The number of aryl methyl sites for hydroxylation is 1. The van der Waals surface area contributed by atoms with Crippen LogP contribution in [0.25, 0.3) is 0 Å². The number of hydrogen-bond donors (Lipinski definition) is 3. The van der Waals surface area contributed by atoms with Crippen molar-refractivity contribution in [1.82, 2.24) is 0 Å². The fourth-order valence-corrected chi connectivity index (χ4v) is 1.90. The summed E-state index contributed by atoms with van der Waals surface area (Å²) < 4.78 is 0. The molecule has 0 atom stereocenters. The van der Waals surface area contributed by atoms with Crippen LogP contribution in [0.5, 0.6) is 5.75 Å². The molecule has 0 radical (unpaired) electrons. The van der Waals surface area contributed by atoms with Crippen molar-refractivity contribution < 1.29 is 5.11 Å². The summed E-state index contributed by atoms with van der Waals surface area (Å²) in [7, 11) is 0. The lowest BCUT2D eigenvalue weighted by molar-refractivity contribution is 0.477. The predicted molar refractivity (Wildman–Crippen MR) is 77.6 cm³/mol. The number of nitrogens with zero attached hydrogens (tertiary/aromatic N) is 1. The second-order valence-corrected chi connectivity index (χ2v) is 4.39. The highest BCUT2D eigenvalue weighted by atomic mass is 16.3. The second kappa shape index (κ2) is 7.71. The molecule has 0 heterocycles. The van der Waals surface area contributed by atoms with E-state index in [0.717, 1.165) is 44.2 Å². The van der Waals surface area contributed by atoms with E-state index in [1.54, 1.807) is 12.3 Å². The molecule has 1 aromatic carbocycles. The van der Waals surface area contributed by atoms with Crippen molar-refractivity contribution in [3.05, 3.63) is 17.7 Å². The van der Waals surface area contributed by atoms with E-state index >= 15 is 0 Å². The highest BCUT2D eigenvalue weighted by Crippen LogP contribution is 2.33. The molecule has 0 bridgehead atoms. The van der Waals surface area contributed by atoms with Crippen LogP contribution in [0.1, 0.15) is 38.2 Å². The van der Waals surface area contributed by atoms with Crippen LogP contribution in [0.4, 0.5) is 11.4 Å². The van der Waals surface area contributed by atoms with Crippen molar-refractivity contribution in [2.24, 2.45) is 10.7 Å². The normalized spacial score (nSPS) is 11.2. The Morgan fingerprint density at radius 3 is 2.61 bits per heavy atom. The Kier molecular flexibility index (Phi) is 6.22. The molecule has 0 saturated heterocycles. The van der Waals surface area contributed by atoms with Crippen LogP contribution in [-0.2, 0) is 6.42 Å². The predicted octanol–water partition coefficient (Wildman–Crippen LogP) is 2.76. The van der Waals surface area contributed by atoms with Crippen molar-refractivity contribution in [2.75, 3.05) is 12.3 Å². The van der Waals surface area contributed by atoms with Gasteiger partial charge in [0.1, 0.15) is 5.75 Å². The van der Waals surface area contributed by atoms with Crippen molar-refractivity contribution in [1.29, 1.82) is 0 Å². The van der Waals surface area contributed by atoms with Crippen LogP contribution in [0.15, 0.2) is 17.1 Å². The summed E-state index contributed by atoms with van der Waals surface area (Å²) in [6.45, 7) is 2.59. The lowest BCUT2D eigenvalue weighted by Crippen LogP contribution is -1.98. The quantitative estimate of drug-likeness (QED) is 0.300. The van der Waals surface area contributed by atoms with E-state index in [-0.39, 0.29) is 5.75 Å². The third-order valence-corrected chi connectivity index (χ3v) is 2.88. The van der Waals surface area contributed by atoms with Crippen LogP contribution >= 0.6 is 0 Å². The largest absolute Gasteiger partial charge is 0.506 e. The minimum absolute atomic E-state index is 0.120. The molecule has 100 valence electrons. The number of aromatic hydroxyl groups is 1. The second-order valence-electron chi connectivity index (χ2n) is 4.39. The Morgan fingerprint density at radius 1 is 1.22 bits per heavy atom. The monoisotopic (exact) mass is 249 g/mol. The zero-order valence-electron chi connectivity index (χ0n) is 11.0. The number of hydrogen-bond acceptors (Lipinski definition) is 4. The Bertz CT molecular complexity index is 402. The molecule has 0 saturated carbocycles. The van der Waals surface area contributed by atoms with Crippen molar-refractivity contribution in [3.63, 3.8) is 0 Å². The smallest absolute Gasteiger partial charge is 0.140 e. The first-order valence-electron chi connectivity index (χ1n) is 6.49. The molecule has 4 nitrogen and oxygen atoms in total. The van der Waals surface area contributed by atoms with Gasteiger partial charge in [-0.2, -0.15) is 0 Å². The third kappa shape index (κ3) is 4.37. The maximum atomic E-state index is 9.73. The number of rotatable bonds is 7. The highest BCUT2D eigenvalue weighted by molar-refractivity contribution is 5.75. The molecule has 0 aliphatic heterocycles. The topological polar surface area (TPSA) is 84.6 Å². The van der Waals surface area contributed by atoms with Gasteiger partial charge in [0.25, 0.3) is 0 Å². The molecule has 0 unspecified atom stereocenters. The molecule has 5 N–H and O–H groups in total. The van der Waals surface area contributed by atoms with E-state index in [1.165, 1.54) is 0 Å². The standard InChI is InChI=1S/C14H23N3O/c1-2-17-12-9-11(10-13(18)14(12)16)7-5-3-4-6-8-15/h2,9-10,18H,3-8,15-16H2,1H3/b17-2-. The fourth-order valence-electron chi connectivity index (χ4n) is 1.90. The van der Waals surface area contributed by atoms with Crippen LogP contribution in [0.2, 0.25) is 0 Å². The third-order valence-electron chi connectivity index (χ3n) is 2.88. The maximum absolute atomic E-state index is 9.73. The molecule has 1 aromatic rings. The van der Waals surface area contributed by atoms with Gasteiger partial charge >= 0.3 is 0 Å². The number of anilines is 1. The van der Waals surface area contributed by atoms with Crippen LogP contribution < -0.4 is 11.5 Å². The maximum Gasteiger partial charge on any atom is 0.140 e.